The smallest absolute Gasteiger partial charge is 0.124 e. The molecule has 1 saturated carbocycles. The lowest BCUT2D eigenvalue weighted by Gasteiger charge is -2.24. The molecule has 1 aliphatic rings. The number of hydrogen-bond acceptors (Lipinski definition) is 2. The lowest BCUT2D eigenvalue weighted by molar-refractivity contribution is 0.330. The highest BCUT2D eigenvalue weighted by molar-refractivity contribution is 5.38. The molecule has 108 valence electrons. The summed E-state index contributed by atoms with van der Waals surface area (Å²) in [6.45, 7) is 7.78. The molecule has 0 atom stereocenters. The van der Waals surface area contributed by atoms with Gasteiger partial charge in [-0.05, 0) is 31.6 Å². The first kappa shape index (κ1) is 14.4. The average Bonchev–Trinajstić information content (AvgIpc) is 2.79. The second-order valence-corrected chi connectivity index (χ2v) is 6.28. The summed E-state index contributed by atoms with van der Waals surface area (Å²) in [5.41, 5.74) is 1.25. The zero-order valence-corrected chi connectivity index (χ0v) is 12.8. The van der Waals surface area contributed by atoms with E-state index in [0.29, 0.717) is 12.0 Å². The Labute approximate surface area is 117 Å². The van der Waals surface area contributed by atoms with Gasteiger partial charge in [0.15, 0.2) is 0 Å². The summed E-state index contributed by atoms with van der Waals surface area (Å²) in [4.78, 5) is 0. The van der Waals surface area contributed by atoms with Crippen molar-refractivity contribution in [3.8, 4) is 0 Å². The summed E-state index contributed by atoms with van der Waals surface area (Å²) in [5.74, 6) is 1.91. The van der Waals surface area contributed by atoms with Crippen molar-refractivity contribution in [2.24, 2.45) is 5.92 Å². The third-order valence-electron chi connectivity index (χ3n) is 3.88. The molecule has 0 bridgehead atoms. The van der Waals surface area contributed by atoms with E-state index in [0.717, 1.165) is 19.4 Å². The SMILES string of the molecule is CCCNc1cc(CC(C)C)nn1C1CCCCC1. The van der Waals surface area contributed by atoms with Gasteiger partial charge in [0.2, 0.25) is 0 Å². The lowest BCUT2D eigenvalue weighted by Crippen LogP contribution is -2.17. The van der Waals surface area contributed by atoms with E-state index < -0.39 is 0 Å². The minimum atomic E-state index is 0.619. The molecule has 2 rings (SSSR count). The fourth-order valence-electron chi connectivity index (χ4n) is 2.95. The first-order valence-electron chi connectivity index (χ1n) is 8.03. The van der Waals surface area contributed by atoms with Crippen LogP contribution < -0.4 is 5.32 Å². The Hall–Kier alpha value is -0.990. The van der Waals surface area contributed by atoms with Crippen LogP contribution in [-0.2, 0) is 6.42 Å². The Morgan fingerprint density at radius 3 is 2.68 bits per heavy atom. The third-order valence-corrected chi connectivity index (χ3v) is 3.88. The van der Waals surface area contributed by atoms with Crippen LogP contribution in [0.15, 0.2) is 6.07 Å². The Balaban J connectivity index is 2.14. The largest absolute Gasteiger partial charge is 0.370 e. The van der Waals surface area contributed by atoms with Gasteiger partial charge in [-0.3, -0.25) is 0 Å². The molecule has 19 heavy (non-hydrogen) atoms. The topological polar surface area (TPSA) is 29.9 Å². The van der Waals surface area contributed by atoms with Crippen LogP contribution in [-0.4, -0.2) is 16.3 Å². The van der Waals surface area contributed by atoms with Gasteiger partial charge in [-0.1, -0.05) is 40.0 Å². The third kappa shape index (κ3) is 3.99. The Morgan fingerprint density at radius 2 is 2.05 bits per heavy atom. The van der Waals surface area contributed by atoms with Crippen LogP contribution in [0.2, 0.25) is 0 Å². The van der Waals surface area contributed by atoms with E-state index in [4.69, 9.17) is 5.10 Å². The van der Waals surface area contributed by atoms with Gasteiger partial charge in [0, 0.05) is 12.6 Å². The minimum absolute atomic E-state index is 0.619. The Kier molecular flexibility index (Phi) is 5.29. The number of hydrogen-bond donors (Lipinski definition) is 1. The molecule has 1 aromatic heterocycles. The Morgan fingerprint density at radius 1 is 1.32 bits per heavy atom. The molecule has 1 N–H and O–H groups in total. The summed E-state index contributed by atoms with van der Waals surface area (Å²) in [6, 6.07) is 2.89. The summed E-state index contributed by atoms with van der Waals surface area (Å²) in [7, 11) is 0. The summed E-state index contributed by atoms with van der Waals surface area (Å²) in [5, 5.41) is 8.44. The molecule has 0 aromatic carbocycles. The first-order valence-corrected chi connectivity index (χ1v) is 8.03. The van der Waals surface area contributed by atoms with Crippen LogP contribution in [0.1, 0.15) is 71.0 Å². The van der Waals surface area contributed by atoms with Crippen molar-refractivity contribution in [3.05, 3.63) is 11.8 Å². The van der Waals surface area contributed by atoms with Gasteiger partial charge in [0.1, 0.15) is 5.82 Å². The summed E-state index contributed by atoms with van der Waals surface area (Å²) in [6.07, 6.45) is 8.95. The number of aromatic nitrogens is 2. The van der Waals surface area contributed by atoms with Gasteiger partial charge >= 0.3 is 0 Å². The predicted octanol–water partition coefficient (Wildman–Crippen LogP) is 4.41. The molecule has 3 heteroatoms. The maximum atomic E-state index is 4.88. The molecule has 0 aliphatic heterocycles. The second kappa shape index (κ2) is 6.97. The number of anilines is 1. The highest BCUT2D eigenvalue weighted by atomic mass is 15.3. The van der Waals surface area contributed by atoms with Gasteiger partial charge in [-0.25, -0.2) is 4.68 Å². The molecular weight excluding hydrogens is 234 g/mol. The van der Waals surface area contributed by atoms with Crippen LogP contribution in [0.3, 0.4) is 0 Å². The average molecular weight is 263 g/mol. The van der Waals surface area contributed by atoms with E-state index in [1.807, 2.05) is 0 Å². The van der Waals surface area contributed by atoms with Gasteiger partial charge in [-0.15, -0.1) is 0 Å². The van der Waals surface area contributed by atoms with Crippen molar-refractivity contribution in [1.82, 2.24) is 9.78 Å². The van der Waals surface area contributed by atoms with Gasteiger partial charge in [0.25, 0.3) is 0 Å². The zero-order chi connectivity index (χ0) is 13.7. The van der Waals surface area contributed by atoms with Crippen molar-refractivity contribution >= 4 is 5.82 Å². The molecule has 3 nitrogen and oxygen atoms in total. The van der Waals surface area contributed by atoms with E-state index >= 15 is 0 Å². The van der Waals surface area contributed by atoms with Gasteiger partial charge in [-0.2, -0.15) is 5.10 Å². The van der Waals surface area contributed by atoms with E-state index in [1.165, 1.54) is 43.6 Å². The maximum absolute atomic E-state index is 4.88. The quantitative estimate of drug-likeness (QED) is 0.824. The van der Waals surface area contributed by atoms with E-state index in [1.54, 1.807) is 0 Å². The molecule has 1 fully saturated rings. The highest BCUT2D eigenvalue weighted by Crippen LogP contribution is 2.31. The molecule has 0 amide bonds. The Bertz CT molecular complexity index is 375. The first-order chi connectivity index (χ1) is 9.20. The fraction of sp³-hybridized carbons (Fsp3) is 0.812. The van der Waals surface area contributed by atoms with Crippen LogP contribution in [0.25, 0.3) is 0 Å². The van der Waals surface area contributed by atoms with E-state index in [2.05, 4.69) is 36.8 Å². The van der Waals surface area contributed by atoms with Crippen molar-refractivity contribution in [1.29, 1.82) is 0 Å². The predicted molar refractivity (Wildman–Crippen MR) is 81.7 cm³/mol. The number of nitrogens with zero attached hydrogens (tertiary/aromatic N) is 2. The second-order valence-electron chi connectivity index (χ2n) is 6.28. The number of nitrogens with one attached hydrogen (secondary N) is 1. The standard InChI is InChI=1S/C16H29N3/c1-4-10-17-16-12-14(11-13(2)3)18-19(16)15-8-6-5-7-9-15/h12-13,15,17H,4-11H2,1-3H3. The highest BCUT2D eigenvalue weighted by Gasteiger charge is 2.20. The van der Waals surface area contributed by atoms with Crippen molar-refractivity contribution < 1.29 is 0 Å². The van der Waals surface area contributed by atoms with Crippen LogP contribution in [0.4, 0.5) is 5.82 Å². The van der Waals surface area contributed by atoms with Crippen LogP contribution in [0.5, 0.6) is 0 Å². The molecule has 1 aliphatic carbocycles. The van der Waals surface area contributed by atoms with Gasteiger partial charge < -0.3 is 5.32 Å². The monoisotopic (exact) mass is 263 g/mol. The molecule has 1 aromatic rings. The summed E-state index contributed by atoms with van der Waals surface area (Å²) >= 11 is 0. The zero-order valence-electron chi connectivity index (χ0n) is 12.8. The normalized spacial score (nSPS) is 17.1. The molecular formula is C16H29N3. The van der Waals surface area contributed by atoms with E-state index in [9.17, 15) is 0 Å². The fourth-order valence-corrected chi connectivity index (χ4v) is 2.95. The van der Waals surface area contributed by atoms with E-state index in [-0.39, 0.29) is 0 Å². The molecule has 1 heterocycles. The summed E-state index contributed by atoms with van der Waals surface area (Å²) < 4.78 is 2.28. The minimum Gasteiger partial charge on any atom is -0.370 e. The van der Waals surface area contributed by atoms with Crippen molar-refractivity contribution in [3.63, 3.8) is 0 Å². The van der Waals surface area contributed by atoms with Crippen molar-refractivity contribution in [2.75, 3.05) is 11.9 Å². The van der Waals surface area contributed by atoms with Crippen molar-refractivity contribution in [2.45, 2.75) is 71.8 Å². The van der Waals surface area contributed by atoms with Gasteiger partial charge in [0.05, 0.1) is 11.7 Å². The molecule has 0 unspecified atom stereocenters. The lowest BCUT2D eigenvalue weighted by atomic mass is 9.96. The molecule has 0 spiro atoms. The van der Waals surface area contributed by atoms with Crippen LogP contribution >= 0.6 is 0 Å². The molecule has 0 radical (unpaired) electrons. The molecule has 0 saturated heterocycles. The van der Waals surface area contributed by atoms with Crippen LogP contribution in [0, 0.1) is 5.92 Å². The maximum Gasteiger partial charge on any atom is 0.124 e. The number of rotatable bonds is 6.